The minimum absolute atomic E-state index is 0.128. The first-order valence-electron chi connectivity index (χ1n) is 5.55. The molecule has 0 radical (unpaired) electrons. The average molecular weight is 234 g/mol. The highest BCUT2D eigenvalue weighted by Gasteiger charge is 2.32. The maximum Gasteiger partial charge on any atom is 0.211 e. The Bertz CT molecular complexity index is 299. The summed E-state index contributed by atoms with van der Waals surface area (Å²) >= 11 is 0. The molecule has 1 rings (SSSR count). The second kappa shape index (κ2) is 4.80. The second-order valence-corrected chi connectivity index (χ2v) is 7.06. The number of nitrogens with one attached hydrogen (secondary N) is 1. The summed E-state index contributed by atoms with van der Waals surface area (Å²) in [6.45, 7) is 4.79. The number of rotatable bonds is 5. The first kappa shape index (κ1) is 12.9. The standard InChI is InChI=1S/C10H22N2O2S/c1-10(2)5-4-9(8-10)12-15(13,14)7-3-6-11/h9,12H,3-8,11H2,1-2H3. The second-order valence-electron chi connectivity index (χ2n) is 5.18. The molecule has 4 nitrogen and oxygen atoms in total. The predicted octanol–water partition coefficient (Wildman–Crippen LogP) is 0.833. The molecule has 1 saturated carbocycles. The average Bonchev–Trinajstić information content (AvgIpc) is 2.41. The van der Waals surface area contributed by atoms with Gasteiger partial charge in [0.05, 0.1) is 5.75 Å². The van der Waals surface area contributed by atoms with Gasteiger partial charge in [0.25, 0.3) is 0 Å². The van der Waals surface area contributed by atoms with Gasteiger partial charge in [0.2, 0.25) is 10.0 Å². The fourth-order valence-corrected chi connectivity index (χ4v) is 3.50. The van der Waals surface area contributed by atoms with Crippen LogP contribution < -0.4 is 10.5 Å². The van der Waals surface area contributed by atoms with Crippen LogP contribution >= 0.6 is 0 Å². The monoisotopic (exact) mass is 234 g/mol. The summed E-state index contributed by atoms with van der Waals surface area (Å²) in [7, 11) is -3.11. The van der Waals surface area contributed by atoms with Crippen molar-refractivity contribution in [1.82, 2.24) is 4.72 Å². The summed E-state index contributed by atoms with van der Waals surface area (Å²) in [6.07, 6.45) is 3.52. The van der Waals surface area contributed by atoms with Gasteiger partial charge in [0.1, 0.15) is 0 Å². The molecule has 1 aliphatic rings. The number of sulfonamides is 1. The van der Waals surface area contributed by atoms with Crippen molar-refractivity contribution in [3.8, 4) is 0 Å². The van der Waals surface area contributed by atoms with Gasteiger partial charge in [-0.3, -0.25) is 0 Å². The van der Waals surface area contributed by atoms with Gasteiger partial charge < -0.3 is 5.73 Å². The molecule has 0 heterocycles. The fourth-order valence-electron chi connectivity index (χ4n) is 2.12. The van der Waals surface area contributed by atoms with E-state index in [0.29, 0.717) is 13.0 Å². The molecule has 0 aromatic heterocycles. The van der Waals surface area contributed by atoms with Crippen LogP contribution in [0.2, 0.25) is 0 Å². The van der Waals surface area contributed by atoms with Crippen molar-refractivity contribution >= 4 is 10.0 Å². The number of hydrogen-bond donors (Lipinski definition) is 2. The van der Waals surface area contributed by atoms with Gasteiger partial charge in [0, 0.05) is 6.04 Å². The highest BCUT2D eigenvalue weighted by Crippen LogP contribution is 2.37. The molecule has 15 heavy (non-hydrogen) atoms. The Morgan fingerprint density at radius 3 is 2.60 bits per heavy atom. The summed E-state index contributed by atoms with van der Waals surface area (Å²) in [5.74, 6) is 0.153. The lowest BCUT2D eigenvalue weighted by atomic mass is 9.92. The van der Waals surface area contributed by atoms with Crippen LogP contribution in [0.25, 0.3) is 0 Å². The van der Waals surface area contributed by atoms with Gasteiger partial charge in [-0.05, 0) is 37.6 Å². The van der Waals surface area contributed by atoms with E-state index in [1.54, 1.807) is 0 Å². The highest BCUT2D eigenvalue weighted by atomic mass is 32.2. The molecule has 1 atom stereocenters. The van der Waals surface area contributed by atoms with Crippen LogP contribution in [-0.4, -0.2) is 26.8 Å². The van der Waals surface area contributed by atoms with Gasteiger partial charge in [-0.2, -0.15) is 0 Å². The lowest BCUT2D eigenvalue weighted by molar-refractivity contribution is 0.372. The first-order valence-corrected chi connectivity index (χ1v) is 7.20. The molecule has 1 aliphatic carbocycles. The maximum atomic E-state index is 11.6. The van der Waals surface area contributed by atoms with Crippen molar-refractivity contribution < 1.29 is 8.42 Å². The first-order chi connectivity index (χ1) is 6.85. The van der Waals surface area contributed by atoms with E-state index in [9.17, 15) is 8.42 Å². The largest absolute Gasteiger partial charge is 0.330 e. The molecule has 5 heteroatoms. The smallest absolute Gasteiger partial charge is 0.211 e. The third kappa shape index (κ3) is 4.49. The van der Waals surface area contributed by atoms with Gasteiger partial charge in [-0.15, -0.1) is 0 Å². The quantitative estimate of drug-likeness (QED) is 0.740. The van der Waals surface area contributed by atoms with Crippen LogP contribution in [0.5, 0.6) is 0 Å². The molecule has 0 aromatic carbocycles. The molecule has 0 bridgehead atoms. The molecule has 0 spiro atoms. The van der Waals surface area contributed by atoms with Crippen molar-refractivity contribution in [3.05, 3.63) is 0 Å². The lowest BCUT2D eigenvalue weighted by Crippen LogP contribution is -2.35. The van der Waals surface area contributed by atoms with E-state index in [4.69, 9.17) is 5.73 Å². The maximum absolute atomic E-state index is 11.6. The molecule has 0 aromatic rings. The Kier molecular flexibility index (Phi) is 4.14. The van der Waals surface area contributed by atoms with Crippen molar-refractivity contribution in [3.63, 3.8) is 0 Å². The van der Waals surface area contributed by atoms with E-state index >= 15 is 0 Å². The summed E-state index contributed by atoms with van der Waals surface area (Å²) in [6, 6.07) is 0.128. The third-order valence-electron chi connectivity index (χ3n) is 2.93. The molecular weight excluding hydrogens is 212 g/mol. The molecule has 0 aliphatic heterocycles. The van der Waals surface area contributed by atoms with E-state index in [1.807, 2.05) is 0 Å². The lowest BCUT2D eigenvalue weighted by Gasteiger charge is -2.17. The Morgan fingerprint density at radius 1 is 1.47 bits per heavy atom. The molecule has 3 N–H and O–H groups in total. The Hall–Kier alpha value is -0.130. The molecule has 0 amide bonds. The van der Waals surface area contributed by atoms with Gasteiger partial charge in [0.15, 0.2) is 0 Å². The van der Waals surface area contributed by atoms with Crippen LogP contribution in [-0.2, 0) is 10.0 Å². The van der Waals surface area contributed by atoms with Crippen LogP contribution in [0.15, 0.2) is 0 Å². The Labute approximate surface area is 92.7 Å². The molecule has 1 unspecified atom stereocenters. The molecule has 0 saturated heterocycles. The van der Waals surface area contributed by atoms with E-state index in [2.05, 4.69) is 18.6 Å². The zero-order valence-corrected chi connectivity index (χ0v) is 10.4. The van der Waals surface area contributed by atoms with Gasteiger partial charge >= 0.3 is 0 Å². The molecule has 90 valence electrons. The van der Waals surface area contributed by atoms with Crippen LogP contribution in [0.4, 0.5) is 0 Å². The van der Waals surface area contributed by atoms with E-state index < -0.39 is 10.0 Å². The molecular formula is C10H22N2O2S. The third-order valence-corrected chi connectivity index (χ3v) is 4.45. The molecule has 1 fully saturated rings. The summed E-state index contributed by atoms with van der Waals surface area (Å²) in [5.41, 5.74) is 5.57. The number of nitrogens with two attached hydrogens (primary N) is 1. The fraction of sp³-hybridized carbons (Fsp3) is 1.00. The zero-order valence-electron chi connectivity index (χ0n) is 9.62. The minimum atomic E-state index is -3.11. The topological polar surface area (TPSA) is 72.2 Å². The van der Waals surface area contributed by atoms with Crippen LogP contribution in [0.3, 0.4) is 0 Å². The summed E-state index contributed by atoms with van der Waals surface area (Å²) < 4.78 is 25.9. The van der Waals surface area contributed by atoms with Crippen molar-refractivity contribution in [2.45, 2.75) is 45.6 Å². The Morgan fingerprint density at radius 2 is 2.13 bits per heavy atom. The van der Waals surface area contributed by atoms with Gasteiger partial charge in [-0.1, -0.05) is 13.8 Å². The normalized spacial score (nSPS) is 25.7. The summed E-state index contributed by atoms with van der Waals surface area (Å²) in [5, 5.41) is 0. The van der Waals surface area contributed by atoms with Gasteiger partial charge in [-0.25, -0.2) is 13.1 Å². The summed E-state index contributed by atoms with van der Waals surface area (Å²) in [4.78, 5) is 0. The van der Waals surface area contributed by atoms with Crippen molar-refractivity contribution in [2.75, 3.05) is 12.3 Å². The van der Waals surface area contributed by atoms with E-state index in [1.165, 1.54) is 0 Å². The van der Waals surface area contributed by atoms with E-state index in [0.717, 1.165) is 19.3 Å². The van der Waals surface area contributed by atoms with Crippen LogP contribution in [0.1, 0.15) is 39.5 Å². The predicted molar refractivity (Wildman–Crippen MR) is 62.0 cm³/mol. The zero-order chi connectivity index (χ0) is 11.5. The van der Waals surface area contributed by atoms with E-state index in [-0.39, 0.29) is 17.2 Å². The van der Waals surface area contributed by atoms with Crippen molar-refractivity contribution in [2.24, 2.45) is 11.1 Å². The Balaban J connectivity index is 2.42. The van der Waals surface area contributed by atoms with Crippen LogP contribution in [0, 0.1) is 5.41 Å². The SMILES string of the molecule is CC1(C)CCC(NS(=O)(=O)CCCN)C1. The number of hydrogen-bond acceptors (Lipinski definition) is 3. The minimum Gasteiger partial charge on any atom is -0.330 e. The highest BCUT2D eigenvalue weighted by molar-refractivity contribution is 7.89. The van der Waals surface area contributed by atoms with Crippen molar-refractivity contribution in [1.29, 1.82) is 0 Å².